The molecule has 0 amide bonds. The van der Waals surface area contributed by atoms with Crippen LogP contribution >= 0.6 is 0 Å². The van der Waals surface area contributed by atoms with Crippen LogP contribution in [0.2, 0.25) is 0 Å². The lowest BCUT2D eigenvalue weighted by molar-refractivity contribution is -0.425. The summed E-state index contributed by atoms with van der Waals surface area (Å²) in [5.41, 5.74) is 0. The fourth-order valence-electron chi connectivity index (χ4n) is 0.900. The van der Waals surface area contributed by atoms with E-state index in [1.165, 1.54) is 0 Å². The van der Waals surface area contributed by atoms with Crippen molar-refractivity contribution in [1.29, 1.82) is 0 Å². The average molecular weight is 286 g/mol. The van der Waals surface area contributed by atoms with Gasteiger partial charge in [-0.15, -0.1) is 0 Å². The summed E-state index contributed by atoms with van der Waals surface area (Å²) in [6.07, 6.45) is -15.0. The SMILES string of the molecule is O=C1OCC(COC(F)(F)C(F)(F)C(F)(F)F)O1. The van der Waals surface area contributed by atoms with Crippen LogP contribution in [0.25, 0.3) is 0 Å². The third kappa shape index (κ3) is 2.76. The van der Waals surface area contributed by atoms with Gasteiger partial charge < -0.3 is 14.2 Å². The van der Waals surface area contributed by atoms with Gasteiger partial charge in [-0.25, -0.2) is 4.79 Å². The lowest BCUT2D eigenvalue weighted by Gasteiger charge is -2.27. The molecule has 1 aliphatic heterocycles. The largest absolute Gasteiger partial charge is 0.508 e. The predicted octanol–water partition coefficient (Wildman–Crippen LogP) is 2.33. The molecular formula is C7H5F7O4. The molecule has 1 aliphatic rings. The molecule has 1 heterocycles. The smallest absolute Gasteiger partial charge is 0.430 e. The van der Waals surface area contributed by atoms with E-state index < -0.39 is 43.7 Å². The summed E-state index contributed by atoms with van der Waals surface area (Å²) in [6.45, 7) is -1.93. The van der Waals surface area contributed by atoms with Gasteiger partial charge in [0.2, 0.25) is 0 Å². The number of halogens is 7. The standard InChI is InChI=1S/C7H5F7O4/c8-5(9,6(10,11)12)7(13,14)17-2-3-1-16-4(15)18-3/h3H,1-2H2. The molecule has 1 unspecified atom stereocenters. The first kappa shape index (κ1) is 14.8. The lowest BCUT2D eigenvalue weighted by Crippen LogP contribution is -2.54. The van der Waals surface area contributed by atoms with Crippen molar-refractivity contribution >= 4 is 6.16 Å². The van der Waals surface area contributed by atoms with E-state index in [0.717, 1.165) is 0 Å². The van der Waals surface area contributed by atoms with Crippen molar-refractivity contribution in [2.45, 2.75) is 24.3 Å². The first-order chi connectivity index (χ1) is 7.97. The first-order valence-corrected chi connectivity index (χ1v) is 4.27. The maximum Gasteiger partial charge on any atom is 0.508 e. The van der Waals surface area contributed by atoms with Gasteiger partial charge in [0.15, 0.2) is 6.10 Å². The number of hydrogen-bond acceptors (Lipinski definition) is 4. The van der Waals surface area contributed by atoms with Crippen LogP contribution in [-0.2, 0) is 14.2 Å². The van der Waals surface area contributed by atoms with Crippen molar-refractivity contribution in [3.8, 4) is 0 Å². The Morgan fingerprint density at radius 3 is 2.11 bits per heavy atom. The van der Waals surface area contributed by atoms with Crippen molar-refractivity contribution in [3.63, 3.8) is 0 Å². The summed E-state index contributed by atoms with van der Waals surface area (Å²) >= 11 is 0. The van der Waals surface area contributed by atoms with E-state index in [-0.39, 0.29) is 0 Å². The summed E-state index contributed by atoms with van der Waals surface area (Å²) in [6, 6.07) is 0. The van der Waals surface area contributed by atoms with Crippen molar-refractivity contribution in [3.05, 3.63) is 0 Å². The van der Waals surface area contributed by atoms with Gasteiger partial charge in [0.25, 0.3) is 0 Å². The molecule has 0 spiro atoms. The first-order valence-electron chi connectivity index (χ1n) is 4.27. The van der Waals surface area contributed by atoms with Gasteiger partial charge in [0.1, 0.15) is 6.61 Å². The highest BCUT2D eigenvalue weighted by Gasteiger charge is 2.74. The molecule has 0 bridgehead atoms. The third-order valence-electron chi connectivity index (χ3n) is 1.82. The van der Waals surface area contributed by atoms with Crippen molar-refractivity contribution in [1.82, 2.24) is 0 Å². The number of alkyl halides is 7. The number of ether oxygens (including phenoxy) is 3. The molecule has 1 fully saturated rings. The minimum atomic E-state index is -6.47. The van der Waals surface area contributed by atoms with Gasteiger partial charge >= 0.3 is 24.4 Å². The van der Waals surface area contributed by atoms with Crippen LogP contribution in [0.15, 0.2) is 0 Å². The molecule has 0 aromatic heterocycles. The molecule has 4 nitrogen and oxygen atoms in total. The second kappa shape index (κ2) is 4.44. The monoisotopic (exact) mass is 286 g/mol. The minimum absolute atomic E-state index is 0.577. The fraction of sp³-hybridized carbons (Fsp3) is 0.857. The van der Waals surface area contributed by atoms with Crippen molar-refractivity contribution in [2.75, 3.05) is 13.2 Å². The Balaban J connectivity index is 2.61. The quantitative estimate of drug-likeness (QED) is 0.587. The Bertz CT molecular complexity index is 326. The molecule has 18 heavy (non-hydrogen) atoms. The number of cyclic esters (lactones) is 2. The van der Waals surface area contributed by atoms with Gasteiger partial charge in [0.05, 0.1) is 6.61 Å². The second-order valence-corrected chi connectivity index (χ2v) is 3.20. The third-order valence-corrected chi connectivity index (χ3v) is 1.82. The van der Waals surface area contributed by atoms with Crippen LogP contribution in [0.1, 0.15) is 0 Å². The summed E-state index contributed by atoms with van der Waals surface area (Å²) in [5.74, 6) is -6.36. The van der Waals surface area contributed by atoms with Crippen molar-refractivity contribution in [2.24, 2.45) is 0 Å². The Morgan fingerprint density at radius 1 is 1.17 bits per heavy atom. The highest BCUT2D eigenvalue weighted by atomic mass is 19.4. The Morgan fingerprint density at radius 2 is 1.72 bits per heavy atom. The molecule has 0 saturated carbocycles. The maximum atomic E-state index is 12.6. The van der Waals surface area contributed by atoms with Crippen LogP contribution in [-0.4, -0.2) is 43.7 Å². The molecule has 1 rings (SSSR count). The Kier molecular flexibility index (Phi) is 3.65. The van der Waals surface area contributed by atoms with Gasteiger partial charge in [-0.3, -0.25) is 0 Å². The normalized spacial score (nSPS) is 21.7. The summed E-state index contributed by atoms with van der Waals surface area (Å²) in [4.78, 5) is 10.3. The van der Waals surface area contributed by atoms with Gasteiger partial charge in [0, 0.05) is 0 Å². The topological polar surface area (TPSA) is 44.8 Å². The van der Waals surface area contributed by atoms with Crippen LogP contribution in [0.5, 0.6) is 0 Å². The van der Waals surface area contributed by atoms with E-state index in [9.17, 15) is 35.5 Å². The zero-order valence-electron chi connectivity index (χ0n) is 8.27. The number of hydrogen-bond donors (Lipinski definition) is 0. The molecule has 1 saturated heterocycles. The molecule has 11 heteroatoms. The van der Waals surface area contributed by atoms with E-state index in [4.69, 9.17) is 0 Å². The minimum Gasteiger partial charge on any atom is -0.430 e. The number of carbonyl (C=O) groups is 1. The number of carbonyl (C=O) groups excluding carboxylic acids is 1. The van der Waals surface area contributed by atoms with E-state index in [1.54, 1.807) is 0 Å². The highest BCUT2D eigenvalue weighted by Crippen LogP contribution is 2.47. The average Bonchev–Trinajstić information content (AvgIpc) is 2.59. The van der Waals surface area contributed by atoms with E-state index in [2.05, 4.69) is 14.2 Å². The van der Waals surface area contributed by atoms with Gasteiger partial charge in [-0.05, 0) is 0 Å². The summed E-state index contributed by atoms with van der Waals surface area (Å²) < 4.78 is 96.2. The van der Waals surface area contributed by atoms with Gasteiger partial charge in [-0.1, -0.05) is 0 Å². The molecule has 0 aliphatic carbocycles. The second-order valence-electron chi connectivity index (χ2n) is 3.20. The molecule has 0 N–H and O–H groups in total. The molecule has 0 radical (unpaired) electrons. The van der Waals surface area contributed by atoms with Crippen LogP contribution < -0.4 is 0 Å². The molecule has 0 aromatic carbocycles. The van der Waals surface area contributed by atoms with Gasteiger partial charge in [-0.2, -0.15) is 30.7 Å². The summed E-state index contributed by atoms with van der Waals surface area (Å²) in [5, 5.41) is 0. The van der Waals surface area contributed by atoms with Crippen LogP contribution in [0.4, 0.5) is 35.5 Å². The Labute approximate surface area is 94.6 Å². The van der Waals surface area contributed by atoms with E-state index >= 15 is 0 Å². The lowest BCUT2D eigenvalue weighted by atomic mass is 10.3. The summed E-state index contributed by atoms with van der Waals surface area (Å²) in [7, 11) is 0. The molecular weight excluding hydrogens is 281 g/mol. The molecule has 0 aromatic rings. The maximum absolute atomic E-state index is 12.6. The zero-order chi connectivity index (χ0) is 14.2. The van der Waals surface area contributed by atoms with Crippen LogP contribution in [0.3, 0.4) is 0 Å². The van der Waals surface area contributed by atoms with E-state index in [0.29, 0.717) is 0 Å². The Hall–Kier alpha value is -1.26. The predicted molar refractivity (Wildman–Crippen MR) is 38.1 cm³/mol. The molecule has 106 valence electrons. The zero-order valence-corrected chi connectivity index (χ0v) is 8.27. The van der Waals surface area contributed by atoms with Crippen molar-refractivity contribution < 1.29 is 49.7 Å². The highest BCUT2D eigenvalue weighted by molar-refractivity contribution is 5.61. The van der Waals surface area contributed by atoms with Crippen LogP contribution in [0, 0.1) is 0 Å². The van der Waals surface area contributed by atoms with E-state index in [1.807, 2.05) is 0 Å². The fourth-order valence-corrected chi connectivity index (χ4v) is 0.900. The number of rotatable bonds is 4. The molecule has 1 atom stereocenters.